The van der Waals surface area contributed by atoms with Crippen LogP contribution in [0.1, 0.15) is 21.6 Å². The van der Waals surface area contributed by atoms with Crippen molar-refractivity contribution in [2.45, 2.75) is 13.5 Å². The van der Waals surface area contributed by atoms with Gasteiger partial charge in [-0.05, 0) is 61.5 Å². The first kappa shape index (κ1) is 22.4. The molecule has 0 aliphatic carbocycles. The summed E-state index contributed by atoms with van der Waals surface area (Å²) in [6.07, 6.45) is 3.44. The number of aromatic amines is 1. The molecule has 3 heterocycles. The fourth-order valence-corrected chi connectivity index (χ4v) is 3.58. The van der Waals surface area contributed by atoms with Crippen molar-refractivity contribution in [3.05, 3.63) is 65.6 Å². The molecule has 3 aromatic heterocycles. The van der Waals surface area contributed by atoms with Gasteiger partial charge in [-0.1, -0.05) is 0 Å². The highest BCUT2D eigenvalue weighted by atomic mass is 16.5. The first-order valence-corrected chi connectivity index (χ1v) is 10.7. The molecule has 0 aliphatic heterocycles. The molecule has 0 saturated heterocycles. The predicted octanol–water partition coefficient (Wildman–Crippen LogP) is 3.17. The zero-order valence-corrected chi connectivity index (χ0v) is 18.9. The van der Waals surface area contributed by atoms with Gasteiger partial charge < -0.3 is 25.7 Å². The standard InChI is InChI=1S/C24H27N7O2/c1-15-10-18(12-17-13-21(30-22(15)17)23(32)27-9-8-25-2)29-24-28-7-5-19(31-24)20-11-16(14-33-3)4-6-26-20/h4-7,10-13,25,30H,8-9,14H2,1-3H3,(H,27,32)(H,28,29,31). The number of hydrogen-bond acceptors (Lipinski definition) is 7. The second kappa shape index (κ2) is 10.2. The summed E-state index contributed by atoms with van der Waals surface area (Å²) in [5.74, 6) is 0.334. The summed E-state index contributed by atoms with van der Waals surface area (Å²) in [6.45, 7) is 3.78. The number of rotatable bonds is 9. The number of pyridine rings is 1. The molecule has 1 amide bonds. The van der Waals surface area contributed by atoms with Gasteiger partial charge >= 0.3 is 0 Å². The van der Waals surface area contributed by atoms with E-state index in [0.29, 0.717) is 37.0 Å². The lowest BCUT2D eigenvalue weighted by atomic mass is 10.1. The van der Waals surface area contributed by atoms with Gasteiger partial charge in [0.05, 0.1) is 18.0 Å². The molecule has 9 nitrogen and oxygen atoms in total. The van der Waals surface area contributed by atoms with Crippen LogP contribution in [0.2, 0.25) is 0 Å². The fourth-order valence-electron chi connectivity index (χ4n) is 3.58. The second-order valence-electron chi connectivity index (χ2n) is 7.67. The summed E-state index contributed by atoms with van der Waals surface area (Å²) in [5, 5.41) is 10.1. The Morgan fingerprint density at radius 2 is 1.91 bits per heavy atom. The van der Waals surface area contributed by atoms with Crippen molar-refractivity contribution in [2.24, 2.45) is 0 Å². The smallest absolute Gasteiger partial charge is 0.267 e. The topological polar surface area (TPSA) is 117 Å². The molecule has 0 fully saturated rings. The molecule has 4 N–H and O–H groups in total. The minimum absolute atomic E-state index is 0.130. The Kier molecular flexibility index (Phi) is 6.92. The molecule has 0 spiro atoms. The van der Waals surface area contributed by atoms with Gasteiger partial charge in [0.15, 0.2) is 0 Å². The first-order valence-electron chi connectivity index (χ1n) is 10.7. The monoisotopic (exact) mass is 445 g/mol. The van der Waals surface area contributed by atoms with E-state index in [2.05, 4.69) is 35.9 Å². The van der Waals surface area contributed by atoms with E-state index >= 15 is 0 Å². The Balaban J connectivity index is 1.56. The summed E-state index contributed by atoms with van der Waals surface area (Å²) in [5.41, 5.74) is 5.78. The number of anilines is 2. The van der Waals surface area contributed by atoms with Gasteiger partial charge in [0, 0.05) is 49.2 Å². The van der Waals surface area contributed by atoms with Crippen molar-refractivity contribution in [1.29, 1.82) is 0 Å². The van der Waals surface area contributed by atoms with E-state index in [1.54, 1.807) is 19.5 Å². The molecule has 1 aromatic carbocycles. The summed E-state index contributed by atoms with van der Waals surface area (Å²) in [6, 6.07) is 11.5. The van der Waals surface area contributed by atoms with E-state index < -0.39 is 0 Å². The molecule has 170 valence electrons. The van der Waals surface area contributed by atoms with Crippen molar-refractivity contribution < 1.29 is 9.53 Å². The van der Waals surface area contributed by atoms with Gasteiger partial charge in [-0.3, -0.25) is 9.78 Å². The third kappa shape index (κ3) is 5.33. The molecule has 33 heavy (non-hydrogen) atoms. The lowest BCUT2D eigenvalue weighted by molar-refractivity contribution is 0.0950. The Hall–Kier alpha value is -3.82. The van der Waals surface area contributed by atoms with Crippen molar-refractivity contribution >= 4 is 28.4 Å². The summed E-state index contributed by atoms with van der Waals surface area (Å²) in [7, 11) is 3.51. The van der Waals surface area contributed by atoms with Crippen molar-refractivity contribution in [3.8, 4) is 11.4 Å². The van der Waals surface area contributed by atoms with Crippen LogP contribution in [0, 0.1) is 6.92 Å². The molecule has 4 aromatic rings. The third-order valence-corrected chi connectivity index (χ3v) is 5.14. The molecule has 0 unspecified atom stereocenters. The number of nitrogens with one attached hydrogen (secondary N) is 4. The minimum atomic E-state index is -0.130. The number of nitrogens with zero attached hydrogens (tertiary/aromatic N) is 3. The Morgan fingerprint density at radius 3 is 2.73 bits per heavy atom. The quantitative estimate of drug-likeness (QED) is 0.292. The van der Waals surface area contributed by atoms with E-state index in [1.807, 2.05) is 50.4 Å². The van der Waals surface area contributed by atoms with Crippen molar-refractivity contribution in [2.75, 3.05) is 32.6 Å². The molecule has 4 rings (SSSR count). The molecular formula is C24H27N7O2. The van der Waals surface area contributed by atoms with Crippen LogP contribution in [0.25, 0.3) is 22.3 Å². The number of H-pyrrole nitrogens is 1. The largest absolute Gasteiger partial charge is 0.380 e. The van der Waals surface area contributed by atoms with E-state index in [0.717, 1.165) is 33.4 Å². The maximum absolute atomic E-state index is 12.4. The highest BCUT2D eigenvalue weighted by Crippen LogP contribution is 2.26. The number of aryl methyl sites for hydroxylation is 1. The number of carbonyl (C=O) groups is 1. The maximum atomic E-state index is 12.4. The normalized spacial score (nSPS) is 11.0. The van der Waals surface area contributed by atoms with Gasteiger partial charge in [-0.25, -0.2) is 9.97 Å². The molecule has 9 heteroatoms. The van der Waals surface area contributed by atoms with E-state index in [1.165, 1.54) is 0 Å². The number of hydrogen-bond donors (Lipinski definition) is 4. The Labute approximate surface area is 192 Å². The summed E-state index contributed by atoms with van der Waals surface area (Å²) < 4.78 is 5.21. The third-order valence-electron chi connectivity index (χ3n) is 5.14. The average molecular weight is 446 g/mol. The highest BCUT2D eigenvalue weighted by Gasteiger charge is 2.12. The van der Waals surface area contributed by atoms with Crippen LogP contribution in [-0.4, -0.2) is 53.1 Å². The summed E-state index contributed by atoms with van der Waals surface area (Å²) in [4.78, 5) is 29.0. The molecular weight excluding hydrogens is 418 g/mol. The molecule has 0 atom stereocenters. The minimum Gasteiger partial charge on any atom is -0.380 e. The molecule has 0 saturated carbocycles. The van der Waals surface area contributed by atoms with E-state index in [-0.39, 0.29) is 5.91 Å². The molecule has 0 radical (unpaired) electrons. The summed E-state index contributed by atoms with van der Waals surface area (Å²) >= 11 is 0. The SMILES string of the molecule is CNCCNC(=O)c1cc2cc(Nc3nccc(-c4cc(COC)ccn4)n3)cc(C)c2[nH]1. The molecule has 0 bridgehead atoms. The zero-order chi connectivity index (χ0) is 23.2. The number of methoxy groups -OCH3 is 1. The first-order chi connectivity index (χ1) is 16.1. The number of aromatic nitrogens is 4. The van der Waals surface area contributed by atoms with Gasteiger partial charge in [-0.2, -0.15) is 0 Å². The zero-order valence-electron chi connectivity index (χ0n) is 18.9. The van der Waals surface area contributed by atoms with Crippen molar-refractivity contribution in [3.63, 3.8) is 0 Å². The van der Waals surface area contributed by atoms with Crippen LogP contribution < -0.4 is 16.0 Å². The van der Waals surface area contributed by atoms with E-state index in [9.17, 15) is 4.79 Å². The number of amides is 1. The number of benzene rings is 1. The fraction of sp³-hybridized carbons (Fsp3) is 0.250. The van der Waals surface area contributed by atoms with E-state index in [4.69, 9.17) is 4.74 Å². The van der Waals surface area contributed by atoms with Crippen LogP contribution in [-0.2, 0) is 11.3 Å². The Morgan fingerprint density at radius 1 is 1.06 bits per heavy atom. The van der Waals surface area contributed by atoms with Crippen molar-refractivity contribution in [1.82, 2.24) is 30.6 Å². The second-order valence-corrected chi connectivity index (χ2v) is 7.67. The van der Waals surface area contributed by atoms with Crippen LogP contribution in [0.15, 0.2) is 48.8 Å². The highest BCUT2D eigenvalue weighted by molar-refractivity contribution is 5.99. The van der Waals surface area contributed by atoms with Crippen LogP contribution >= 0.6 is 0 Å². The number of fused-ring (bicyclic) bond motifs is 1. The number of likely N-dealkylation sites (N-methyl/N-ethyl adjacent to an activating group) is 1. The van der Waals surface area contributed by atoms with Gasteiger partial charge in [0.25, 0.3) is 5.91 Å². The lowest BCUT2D eigenvalue weighted by Crippen LogP contribution is -2.30. The Bertz CT molecular complexity index is 1270. The van der Waals surface area contributed by atoms with Crippen LogP contribution in [0.4, 0.5) is 11.6 Å². The maximum Gasteiger partial charge on any atom is 0.267 e. The van der Waals surface area contributed by atoms with Crippen LogP contribution in [0.3, 0.4) is 0 Å². The lowest BCUT2D eigenvalue weighted by Gasteiger charge is -2.08. The number of carbonyl (C=O) groups excluding carboxylic acids is 1. The van der Waals surface area contributed by atoms with Gasteiger partial charge in [0.2, 0.25) is 5.95 Å². The predicted molar refractivity (Wildman–Crippen MR) is 129 cm³/mol. The average Bonchev–Trinajstić information content (AvgIpc) is 3.25. The number of ether oxygens (including phenoxy) is 1. The van der Waals surface area contributed by atoms with Gasteiger partial charge in [-0.15, -0.1) is 0 Å². The van der Waals surface area contributed by atoms with Gasteiger partial charge in [0.1, 0.15) is 5.69 Å². The molecule has 0 aliphatic rings. The van der Waals surface area contributed by atoms with Crippen LogP contribution in [0.5, 0.6) is 0 Å².